The summed E-state index contributed by atoms with van der Waals surface area (Å²) in [7, 11) is 2.16. The molecule has 0 radical (unpaired) electrons. The van der Waals surface area contributed by atoms with E-state index in [1.807, 2.05) is 0 Å². The Morgan fingerprint density at radius 3 is 2.25 bits per heavy atom. The maximum Gasteiger partial charge on any atom is 0.0233 e. The number of nitrogens with zero attached hydrogens (tertiary/aromatic N) is 1. The molecule has 1 aromatic carbocycles. The Morgan fingerprint density at radius 2 is 1.81 bits per heavy atom. The minimum absolute atomic E-state index is 0.250. The minimum Gasteiger partial charge on any atom is -0.302 e. The zero-order chi connectivity index (χ0) is 12.3. The molecule has 16 heavy (non-hydrogen) atoms. The van der Waals surface area contributed by atoms with Gasteiger partial charge in [0.25, 0.3) is 0 Å². The fourth-order valence-corrected chi connectivity index (χ4v) is 1.74. The first-order chi connectivity index (χ1) is 7.34. The third-order valence-corrected chi connectivity index (χ3v) is 3.19. The third-order valence-electron chi connectivity index (χ3n) is 3.19. The molecule has 1 aromatic rings. The van der Waals surface area contributed by atoms with E-state index in [2.05, 4.69) is 64.8 Å². The van der Waals surface area contributed by atoms with Crippen LogP contribution in [0.4, 0.5) is 0 Å². The molecule has 0 aliphatic heterocycles. The molecule has 0 aromatic heterocycles. The molecule has 1 nitrogen and oxygen atoms in total. The van der Waals surface area contributed by atoms with Crippen LogP contribution in [0.2, 0.25) is 0 Å². The van der Waals surface area contributed by atoms with E-state index in [1.54, 1.807) is 0 Å². The summed E-state index contributed by atoms with van der Waals surface area (Å²) in [5, 5.41) is 0. The molecule has 0 N–H and O–H groups in total. The van der Waals surface area contributed by atoms with E-state index in [-0.39, 0.29) is 5.41 Å². The van der Waals surface area contributed by atoms with Gasteiger partial charge in [-0.25, -0.2) is 0 Å². The van der Waals surface area contributed by atoms with Crippen molar-refractivity contribution in [2.75, 3.05) is 13.6 Å². The van der Waals surface area contributed by atoms with E-state index >= 15 is 0 Å². The summed E-state index contributed by atoms with van der Waals surface area (Å²) in [5.41, 5.74) is 4.53. The number of aryl methyl sites for hydroxylation is 1. The first kappa shape index (κ1) is 13.2. The molecule has 90 valence electrons. The minimum atomic E-state index is 0.250. The summed E-state index contributed by atoms with van der Waals surface area (Å²) in [6.45, 7) is 13.3. The molecular weight excluding hydrogens is 194 g/mol. The van der Waals surface area contributed by atoms with Gasteiger partial charge in [-0.1, -0.05) is 45.9 Å². The van der Waals surface area contributed by atoms with Gasteiger partial charge < -0.3 is 4.90 Å². The van der Waals surface area contributed by atoms with Crippen LogP contribution in [0.1, 0.15) is 44.4 Å². The maximum absolute atomic E-state index is 2.33. The second-order valence-electron chi connectivity index (χ2n) is 5.72. The molecule has 0 bridgehead atoms. The van der Waals surface area contributed by atoms with Gasteiger partial charge in [-0.2, -0.15) is 0 Å². The van der Waals surface area contributed by atoms with Crippen LogP contribution in [0.25, 0.3) is 0 Å². The van der Waals surface area contributed by atoms with E-state index in [0.717, 1.165) is 13.1 Å². The number of rotatable bonds is 3. The Hall–Kier alpha value is -0.820. The van der Waals surface area contributed by atoms with Gasteiger partial charge in [-0.05, 0) is 42.6 Å². The van der Waals surface area contributed by atoms with Crippen LogP contribution in [0, 0.1) is 6.92 Å². The zero-order valence-electron chi connectivity index (χ0n) is 11.6. The molecule has 1 heteroatoms. The van der Waals surface area contributed by atoms with Crippen molar-refractivity contribution in [1.82, 2.24) is 4.90 Å². The van der Waals surface area contributed by atoms with E-state index in [1.165, 1.54) is 16.7 Å². The smallest absolute Gasteiger partial charge is 0.0233 e. The van der Waals surface area contributed by atoms with Crippen LogP contribution in [-0.2, 0) is 12.0 Å². The lowest BCUT2D eigenvalue weighted by Crippen LogP contribution is -2.18. The highest BCUT2D eigenvalue weighted by atomic mass is 15.1. The van der Waals surface area contributed by atoms with Crippen molar-refractivity contribution in [1.29, 1.82) is 0 Å². The average molecular weight is 219 g/mol. The van der Waals surface area contributed by atoms with Crippen LogP contribution >= 0.6 is 0 Å². The van der Waals surface area contributed by atoms with E-state index < -0.39 is 0 Å². The summed E-state index contributed by atoms with van der Waals surface area (Å²) < 4.78 is 0. The van der Waals surface area contributed by atoms with Gasteiger partial charge in [0.15, 0.2) is 0 Å². The van der Waals surface area contributed by atoms with Crippen molar-refractivity contribution in [3.8, 4) is 0 Å². The first-order valence-corrected chi connectivity index (χ1v) is 6.13. The van der Waals surface area contributed by atoms with Crippen LogP contribution in [0.5, 0.6) is 0 Å². The number of hydrogen-bond acceptors (Lipinski definition) is 1. The highest BCUT2D eigenvalue weighted by Crippen LogP contribution is 2.24. The van der Waals surface area contributed by atoms with Crippen molar-refractivity contribution in [3.05, 3.63) is 34.9 Å². The molecule has 0 unspecified atom stereocenters. The lowest BCUT2D eigenvalue weighted by atomic mass is 9.85. The molecule has 0 amide bonds. The summed E-state index contributed by atoms with van der Waals surface area (Å²) >= 11 is 0. The molecule has 0 aliphatic carbocycles. The number of hydrogen-bond donors (Lipinski definition) is 0. The molecular formula is C15H25N. The van der Waals surface area contributed by atoms with E-state index in [0.29, 0.717) is 0 Å². The van der Waals surface area contributed by atoms with Crippen LogP contribution in [0.15, 0.2) is 18.2 Å². The van der Waals surface area contributed by atoms with Gasteiger partial charge in [0, 0.05) is 6.54 Å². The monoisotopic (exact) mass is 219 g/mol. The first-order valence-electron chi connectivity index (χ1n) is 6.13. The second kappa shape index (κ2) is 5.01. The summed E-state index contributed by atoms with van der Waals surface area (Å²) in [5.74, 6) is 0. The lowest BCUT2D eigenvalue weighted by Gasteiger charge is -2.22. The fraction of sp³-hybridized carbons (Fsp3) is 0.600. The largest absolute Gasteiger partial charge is 0.302 e. The van der Waals surface area contributed by atoms with Gasteiger partial charge in [0.1, 0.15) is 0 Å². The highest BCUT2D eigenvalue weighted by molar-refractivity contribution is 5.34. The summed E-state index contributed by atoms with van der Waals surface area (Å²) in [6, 6.07) is 6.88. The van der Waals surface area contributed by atoms with Gasteiger partial charge in [-0.3, -0.25) is 0 Å². The Kier molecular flexibility index (Phi) is 4.15. The van der Waals surface area contributed by atoms with Crippen LogP contribution in [-0.4, -0.2) is 18.5 Å². The highest BCUT2D eigenvalue weighted by Gasteiger charge is 2.14. The van der Waals surface area contributed by atoms with Crippen molar-refractivity contribution < 1.29 is 0 Å². The zero-order valence-corrected chi connectivity index (χ0v) is 11.6. The predicted molar refractivity (Wildman–Crippen MR) is 71.9 cm³/mol. The van der Waals surface area contributed by atoms with Gasteiger partial charge in [0.2, 0.25) is 0 Å². The SMILES string of the molecule is CCN(C)Cc1ccc(C(C)(C)C)cc1C. The van der Waals surface area contributed by atoms with Crippen LogP contribution in [0.3, 0.4) is 0 Å². The molecule has 0 heterocycles. The van der Waals surface area contributed by atoms with Gasteiger partial charge in [-0.15, -0.1) is 0 Å². The number of benzene rings is 1. The molecule has 0 saturated heterocycles. The second-order valence-corrected chi connectivity index (χ2v) is 5.72. The molecule has 1 rings (SSSR count). The van der Waals surface area contributed by atoms with Crippen molar-refractivity contribution in [3.63, 3.8) is 0 Å². The molecule has 0 saturated carbocycles. The fourth-order valence-electron chi connectivity index (χ4n) is 1.74. The van der Waals surface area contributed by atoms with E-state index in [9.17, 15) is 0 Å². The normalized spacial score (nSPS) is 12.2. The Bertz CT molecular complexity index is 347. The molecule has 0 atom stereocenters. The quantitative estimate of drug-likeness (QED) is 0.748. The average Bonchev–Trinajstić information content (AvgIpc) is 2.19. The van der Waals surface area contributed by atoms with Crippen molar-refractivity contribution >= 4 is 0 Å². The van der Waals surface area contributed by atoms with Gasteiger partial charge >= 0.3 is 0 Å². The topological polar surface area (TPSA) is 3.24 Å². The van der Waals surface area contributed by atoms with Crippen LogP contribution < -0.4 is 0 Å². The standard InChI is InChI=1S/C15H25N/c1-7-16(6)11-13-8-9-14(10-12(13)2)15(3,4)5/h8-10H,7,11H2,1-6H3. The molecule has 0 fully saturated rings. The maximum atomic E-state index is 2.33. The van der Waals surface area contributed by atoms with Gasteiger partial charge in [0.05, 0.1) is 0 Å². The Labute approximate surface area is 100 Å². The molecule has 0 aliphatic rings. The Morgan fingerprint density at radius 1 is 1.19 bits per heavy atom. The predicted octanol–water partition coefficient (Wildman–Crippen LogP) is 3.74. The lowest BCUT2D eigenvalue weighted by molar-refractivity contribution is 0.345. The van der Waals surface area contributed by atoms with E-state index in [4.69, 9.17) is 0 Å². The third kappa shape index (κ3) is 3.34. The molecule has 0 spiro atoms. The van der Waals surface area contributed by atoms with Crippen molar-refractivity contribution in [2.45, 2.75) is 46.6 Å². The van der Waals surface area contributed by atoms with Crippen molar-refractivity contribution in [2.24, 2.45) is 0 Å². The Balaban J connectivity index is 2.92. The summed E-state index contributed by atoms with van der Waals surface area (Å²) in [6.07, 6.45) is 0. The summed E-state index contributed by atoms with van der Waals surface area (Å²) in [4.78, 5) is 2.33.